The highest BCUT2D eigenvalue weighted by Crippen LogP contribution is 2.12. The van der Waals surface area contributed by atoms with Gasteiger partial charge in [0.2, 0.25) is 5.91 Å². The van der Waals surface area contributed by atoms with Gasteiger partial charge < -0.3 is 15.8 Å². The molecule has 0 bridgehead atoms. The minimum atomic E-state index is 0. The predicted molar refractivity (Wildman–Crippen MR) is 89.7 cm³/mol. The van der Waals surface area contributed by atoms with Crippen LogP contribution in [0.3, 0.4) is 0 Å². The lowest BCUT2D eigenvalue weighted by atomic mass is 10.1. The van der Waals surface area contributed by atoms with Gasteiger partial charge in [-0.2, -0.15) is 0 Å². The molecule has 0 fully saturated rings. The summed E-state index contributed by atoms with van der Waals surface area (Å²) in [5, 5.41) is 2.86. The molecule has 1 aromatic carbocycles. The Kier molecular flexibility index (Phi) is 10.7. The van der Waals surface area contributed by atoms with E-state index in [2.05, 4.69) is 19.2 Å². The largest absolute Gasteiger partial charge is 0.399 e. The number of benzene rings is 1. The Morgan fingerprint density at radius 3 is 2.67 bits per heavy atom. The summed E-state index contributed by atoms with van der Waals surface area (Å²) in [6.07, 6.45) is 2.19. The first-order valence-corrected chi connectivity index (χ1v) is 7.27. The lowest BCUT2D eigenvalue weighted by Crippen LogP contribution is -2.27. The van der Waals surface area contributed by atoms with Crippen molar-refractivity contribution in [1.29, 1.82) is 0 Å². The first-order chi connectivity index (χ1) is 9.59. The number of aryl methyl sites for hydroxylation is 1. The van der Waals surface area contributed by atoms with Gasteiger partial charge in [0.15, 0.2) is 0 Å². The topological polar surface area (TPSA) is 64.3 Å². The van der Waals surface area contributed by atoms with E-state index in [4.69, 9.17) is 10.5 Å². The summed E-state index contributed by atoms with van der Waals surface area (Å²) in [7, 11) is 0. The van der Waals surface area contributed by atoms with E-state index in [1.165, 1.54) is 0 Å². The van der Waals surface area contributed by atoms with Gasteiger partial charge >= 0.3 is 0 Å². The van der Waals surface area contributed by atoms with Gasteiger partial charge in [0.05, 0.1) is 6.61 Å². The van der Waals surface area contributed by atoms with Crippen molar-refractivity contribution >= 4 is 24.0 Å². The van der Waals surface area contributed by atoms with Crippen molar-refractivity contribution in [2.75, 3.05) is 25.5 Å². The molecule has 0 aliphatic heterocycles. The van der Waals surface area contributed by atoms with E-state index in [-0.39, 0.29) is 18.3 Å². The molecule has 0 radical (unpaired) electrons. The first kappa shape index (κ1) is 19.7. The third-order valence-corrected chi connectivity index (χ3v) is 3.08. The highest BCUT2D eigenvalue weighted by molar-refractivity contribution is 5.85. The van der Waals surface area contributed by atoms with Crippen LogP contribution in [0, 0.1) is 5.92 Å². The molecule has 1 rings (SSSR count). The number of ether oxygens (including phenoxy) is 1. The van der Waals surface area contributed by atoms with E-state index in [0.717, 1.165) is 24.3 Å². The molecule has 0 heterocycles. The van der Waals surface area contributed by atoms with Crippen molar-refractivity contribution in [2.24, 2.45) is 5.92 Å². The van der Waals surface area contributed by atoms with Crippen molar-refractivity contribution in [3.63, 3.8) is 0 Å². The lowest BCUT2D eigenvalue weighted by molar-refractivity contribution is -0.121. The van der Waals surface area contributed by atoms with Crippen LogP contribution in [0.25, 0.3) is 0 Å². The fourth-order valence-electron chi connectivity index (χ4n) is 1.78. The van der Waals surface area contributed by atoms with E-state index in [1.54, 1.807) is 0 Å². The first-order valence-electron chi connectivity index (χ1n) is 7.27. The number of rotatable bonds is 9. The van der Waals surface area contributed by atoms with Crippen molar-refractivity contribution < 1.29 is 9.53 Å². The fraction of sp³-hybridized carbons (Fsp3) is 0.562. The van der Waals surface area contributed by atoms with Crippen LogP contribution in [0.4, 0.5) is 5.69 Å². The lowest BCUT2D eigenvalue weighted by Gasteiger charge is -2.08. The SMILES string of the molecule is CC(C)CCOCCNC(=O)CCc1ccccc1N.Cl. The summed E-state index contributed by atoms with van der Waals surface area (Å²) >= 11 is 0. The molecule has 21 heavy (non-hydrogen) atoms. The highest BCUT2D eigenvalue weighted by Gasteiger charge is 2.03. The highest BCUT2D eigenvalue weighted by atomic mass is 35.5. The van der Waals surface area contributed by atoms with Gasteiger partial charge in [0.1, 0.15) is 0 Å². The Morgan fingerprint density at radius 2 is 2.00 bits per heavy atom. The molecule has 0 atom stereocenters. The molecule has 0 saturated carbocycles. The van der Waals surface area contributed by atoms with Crippen molar-refractivity contribution in [3.05, 3.63) is 29.8 Å². The number of nitrogens with two attached hydrogens (primary N) is 1. The summed E-state index contributed by atoms with van der Waals surface area (Å²) in [4.78, 5) is 11.7. The Morgan fingerprint density at radius 1 is 1.29 bits per heavy atom. The zero-order valence-corrected chi connectivity index (χ0v) is 13.7. The van der Waals surface area contributed by atoms with Gasteiger partial charge in [-0.3, -0.25) is 4.79 Å². The zero-order chi connectivity index (χ0) is 14.8. The van der Waals surface area contributed by atoms with E-state index in [9.17, 15) is 4.79 Å². The van der Waals surface area contributed by atoms with Crippen LogP contribution in [0.1, 0.15) is 32.3 Å². The van der Waals surface area contributed by atoms with E-state index >= 15 is 0 Å². The number of anilines is 1. The Labute approximate surface area is 133 Å². The number of hydrogen-bond donors (Lipinski definition) is 2. The maximum absolute atomic E-state index is 11.7. The molecule has 5 heteroatoms. The summed E-state index contributed by atoms with van der Waals surface area (Å²) in [5.74, 6) is 0.696. The second-order valence-corrected chi connectivity index (χ2v) is 5.34. The van der Waals surface area contributed by atoms with Gasteiger partial charge in [-0.25, -0.2) is 0 Å². The van der Waals surface area contributed by atoms with Crippen molar-refractivity contribution in [3.8, 4) is 0 Å². The monoisotopic (exact) mass is 314 g/mol. The van der Waals surface area contributed by atoms with Gasteiger partial charge in [-0.15, -0.1) is 12.4 Å². The van der Waals surface area contributed by atoms with Gasteiger partial charge in [-0.05, 0) is 30.4 Å². The number of para-hydroxylation sites is 1. The van der Waals surface area contributed by atoms with Crippen LogP contribution >= 0.6 is 12.4 Å². The van der Waals surface area contributed by atoms with E-state index in [1.807, 2.05) is 24.3 Å². The summed E-state index contributed by atoms with van der Waals surface area (Å²) in [5.41, 5.74) is 7.61. The molecule has 3 N–H and O–H groups in total. The average Bonchev–Trinajstić information content (AvgIpc) is 2.41. The van der Waals surface area contributed by atoms with Crippen LogP contribution in [0.5, 0.6) is 0 Å². The molecular formula is C16H27ClN2O2. The molecular weight excluding hydrogens is 288 g/mol. The Bertz CT molecular complexity index is 411. The quantitative estimate of drug-likeness (QED) is 0.544. The normalized spacial score (nSPS) is 10.2. The number of nitrogens with one attached hydrogen (secondary N) is 1. The Hall–Kier alpha value is -1.26. The van der Waals surface area contributed by atoms with Gasteiger partial charge in [0, 0.05) is 25.3 Å². The second kappa shape index (κ2) is 11.4. The van der Waals surface area contributed by atoms with Gasteiger partial charge in [-0.1, -0.05) is 32.0 Å². The minimum absolute atomic E-state index is 0. The average molecular weight is 315 g/mol. The molecule has 0 saturated heterocycles. The molecule has 1 amide bonds. The third-order valence-electron chi connectivity index (χ3n) is 3.08. The van der Waals surface area contributed by atoms with Crippen LogP contribution in [-0.4, -0.2) is 25.7 Å². The summed E-state index contributed by atoms with van der Waals surface area (Å²) in [6, 6.07) is 7.65. The van der Waals surface area contributed by atoms with Crippen LogP contribution in [0.2, 0.25) is 0 Å². The number of halogens is 1. The molecule has 1 aromatic rings. The van der Waals surface area contributed by atoms with E-state index in [0.29, 0.717) is 31.9 Å². The summed E-state index contributed by atoms with van der Waals surface area (Å²) < 4.78 is 5.44. The maximum Gasteiger partial charge on any atom is 0.220 e. The molecule has 0 spiro atoms. The molecule has 4 nitrogen and oxygen atoms in total. The number of hydrogen-bond acceptors (Lipinski definition) is 3. The smallest absolute Gasteiger partial charge is 0.220 e. The minimum Gasteiger partial charge on any atom is -0.399 e. The standard InChI is InChI=1S/C16H26N2O2.ClH/c1-13(2)9-11-20-12-10-18-16(19)8-7-14-5-3-4-6-15(14)17;/h3-6,13H,7-12,17H2,1-2H3,(H,18,19);1H. The second-order valence-electron chi connectivity index (χ2n) is 5.34. The van der Waals surface area contributed by atoms with Crippen LogP contribution in [0.15, 0.2) is 24.3 Å². The Balaban J connectivity index is 0.00000400. The number of carbonyl (C=O) groups is 1. The van der Waals surface area contributed by atoms with Crippen LogP contribution < -0.4 is 11.1 Å². The van der Waals surface area contributed by atoms with Gasteiger partial charge in [0.25, 0.3) is 0 Å². The molecule has 0 unspecified atom stereocenters. The number of nitrogen functional groups attached to an aromatic ring is 1. The fourth-order valence-corrected chi connectivity index (χ4v) is 1.78. The number of carbonyl (C=O) groups excluding carboxylic acids is 1. The van der Waals surface area contributed by atoms with Crippen LogP contribution in [-0.2, 0) is 16.0 Å². The summed E-state index contributed by atoms with van der Waals surface area (Å²) in [6.45, 7) is 6.24. The van der Waals surface area contributed by atoms with Crippen molar-refractivity contribution in [1.82, 2.24) is 5.32 Å². The predicted octanol–water partition coefficient (Wildman–Crippen LogP) is 2.80. The third kappa shape index (κ3) is 9.32. The number of amides is 1. The molecule has 0 aromatic heterocycles. The maximum atomic E-state index is 11.7. The van der Waals surface area contributed by atoms with Crippen molar-refractivity contribution in [2.45, 2.75) is 33.1 Å². The zero-order valence-electron chi connectivity index (χ0n) is 12.9. The molecule has 0 aliphatic rings. The molecule has 0 aliphatic carbocycles. The van der Waals surface area contributed by atoms with E-state index < -0.39 is 0 Å². The molecule has 120 valence electrons.